The van der Waals surface area contributed by atoms with E-state index in [-0.39, 0.29) is 22.7 Å². The Morgan fingerprint density at radius 3 is 2.61 bits per heavy atom. The summed E-state index contributed by atoms with van der Waals surface area (Å²) in [5, 5.41) is 14.3. The average molecular weight is 562 g/mol. The smallest absolute Gasteiger partial charge is 0.217 e. The van der Waals surface area contributed by atoms with Gasteiger partial charge in [-0.2, -0.15) is 9.65 Å². The standard InChI is InChI=1S/C28H18Cl2FN5OS/c29-16-6-4-14(5-7-16)21-13-38-28(35-21)36-22-2-1-3-23(37)25(22)24(19(12-32)27(36)33)18-11-15-10-17(30)8-9-20(15)34-26(18)31/h4-11,13,24H,1-3,33H2. The van der Waals surface area contributed by atoms with Crippen molar-refractivity contribution in [3.63, 3.8) is 0 Å². The molecule has 2 aromatic heterocycles. The van der Waals surface area contributed by atoms with Gasteiger partial charge in [0.25, 0.3) is 0 Å². The predicted octanol–water partition coefficient (Wildman–Crippen LogP) is 7.11. The number of ketones is 1. The highest BCUT2D eigenvalue weighted by molar-refractivity contribution is 7.14. The van der Waals surface area contributed by atoms with Gasteiger partial charge in [0.15, 0.2) is 10.9 Å². The van der Waals surface area contributed by atoms with Crippen LogP contribution in [-0.2, 0) is 4.79 Å². The maximum atomic E-state index is 15.5. The van der Waals surface area contributed by atoms with Gasteiger partial charge in [-0.1, -0.05) is 35.3 Å². The summed E-state index contributed by atoms with van der Waals surface area (Å²) in [7, 11) is 0. The molecule has 188 valence electrons. The van der Waals surface area contributed by atoms with E-state index >= 15 is 4.39 Å². The van der Waals surface area contributed by atoms with Crippen LogP contribution < -0.4 is 10.6 Å². The Balaban J connectivity index is 1.53. The molecule has 1 unspecified atom stereocenters. The number of hydrogen-bond donors (Lipinski definition) is 1. The van der Waals surface area contributed by atoms with Crippen LogP contribution in [0.15, 0.2) is 76.6 Å². The van der Waals surface area contributed by atoms with E-state index < -0.39 is 11.9 Å². The minimum Gasteiger partial charge on any atom is -0.384 e. The number of thiazole rings is 1. The summed E-state index contributed by atoms with van der Waals surface area (Å²) in [5.41, 5.74) is 9.79. The first-order chi connectivity index (χ1) is 18.4. The molecule has 1 aliphatic heterocycles. The number of pyridine rings is 1. The monoisotopic (exact) mass is 561 g/mol. The third-order valence-corrected chi connectivity index (χ3v) is 8.12. The largest absolute Gasteiger partial charge is 0.384 e. The number of carbonyl (C=O) groups is 1. The van der Waals surface area contributed by atoms with Crippen LogP contribution in [0.4, 0.5) is 9.52 Å². The number of Topliss-reactive ketones (excluding diaryl/α,β-unsaturated/α-hetero) is 1. The molecule has 4 aromatic rings. The van der Waals surface area contributed by atoms with E-state index in [0.717, 1.165) is 5.56 Å². The Morgan fingerprint density at radius 2 is 1.84 bits per heavy atom. The van der Waals surface area contributed by atoms with Gasteiger partial charge in [-0.05, 0) is 49.2 Å². The fourth-order valence-corrected chi connectivity index (χ4v) is 6.26. The molecular formula is C28H18Cl2FN5OS. The van der Waals surface area contributed by atoms with Crippen LogP contribution in [0.5, 0.6) is 0 Å². The number of carbonyl (C=O) groups excluding carboxylic acids is 1. The molecule has 38 heavy (non-hydrogen) atoms. The molecule has 6 rings (SSSR count). The van der Waals surface area contributed by atoms with Crippen molar-refractivity contribution >= 4 is 56.4 Å². The number of nitrogens with two attached hydrogens (primary N) is 1. The molecule has 0 amide bonds. The minimum atomic E-state index is -0.981. The van der Waals surface area contributed by atoms with Gasteiger partial charge in [-0.3, -0.25) is 9.69 Å². The number of rotatable bonds is 3. The summed E-state index contributed by atoms with van der Waals surface area (Å²) < 4.78 is 15.5. The molecule has 6 nitrogen and oxygen atoms in total. The van der Waals surface area contributed by atoms with Crippen LogP contribution >= 0.6 is 34.5 Å². The third kappa shape index (κ3) is 4.04. The summed E-state index contributed by atoms with van der Waals surface area (Å²) in [6.07, 6.45) is 1.44. The summed E-state index contributed by atoms with van der Waals surface area (Å²) >= 11 is 13.5. The van der Waals surface area contributed by atoms with Gasteiger partial charge in [-0.25, -0.2) is 9.97 Å². The predicted molar refractivity (Wildman–Crippen MR) is 147 cm³/mol. The molecule has 2 aliphatic rings. The van der Waals surface area contributed by atoms with Crippen molar-refractivity contribution < 1.29 is 9.18 Å². The topological polar surface area (TPSA) is 95.9 Å². The lowest BCUT2D eigenvalue weighted by Gasteiger charge is -2.38. The first-order valence-corrected chi connectivity index (χ1v) is 13.4. The SMILES string of the molecule is N#CC1=C(N)N(c2nc(-c3ccc(Cl)cc3)cs2)C2=C(C(=O)CCC2)C1c1cc2cc(Cl)ccc2nc1F. The van der Waals surface area contributed by atoms with Crippen molar-refractivity contribution in [1.29, 1.82) is 5.26 Å². The van der Waals surface area contributed by atoms with Crippen molar-refractivity contribution in [3.05, 3.63) is 98.1 Å². The first-order valence-electron chi connectivity index (χ1n) is 11.8. The third-order valence-electron chi connectivity index (χ3n) is 6.81. The van der Waals surface area contributed by atoms with Crippen molar-refractivity contribution in [1.82, 2.24) is 9.97 Å². The van der Waals surface area contributed by atoms with Crippen LogP contribution in [0.25, 0.3) is 22.2 Å². The second-order valence-corrected chi connectivity index (χ2v) is 10.8. The number of anilines is 1. The van der Waals surface area contributed by atoms with Crippen molar-refractivity contribution in [2.45, 2.75) is 25.2 Å². The van der Waals surface area contributed by atoms with E-state index in [4.69, 9.17) is 33.9 Å². The summed E-state index contributed by atoms with van der Waals surface area (Å²) in [4.78, 5) is 23.9. The molecule has 3 heterocycles. The average Bonchev–Trinajstić information content (AvgIpc) is 3.38. The fraction of sp³-hybridized carbons (Fsp3) is 0.143. The molecule has 1 aliphatic carbocycles. The molecule has 0 saturated heterocycles. The molecule has 2 N–H and O–H groups in total. The van der Waals surface area contributed by atoms with Gasteiger partial charge >= 0.3 is 0 Å². The van der Waals surface area contributed by atoms with Crippen LogP contribution in [0.2, 0.25) is 10.0 Å². The molecule has 0 saturated carbocycles. The zero-order valence-corrected chi connectivity index (χ0v) is 22.0. The van der Waals surface area contributed by atoms with E-state index in [1.165, 1.54) is 11.3 Å². The number of nitriles is 1. The molecule has 0 spiro atoms. The Kier molecular flexibility index (Phi) is 6.15. The quantitative estimate of drug-likeness (QED) is 0.268. The van der Waals surface area contributed by atoms with E-state index in [2.05, 4.69) is 11.1 Å². The lowest BCUT2D eigenvalue weighted by molar-refractivity contribution is -0.116. The molecule has 0 radical (unpaired) electrons. The van der Waals surface area contributed by atoms with E-state index in [0.29, 0.717) is 62.3 Å². The van der Waals surface area contributed by atoms with Crippen LogP contribution in [0, 0.1) is 17.3 Å². The van der Waals surface area contributed by atoms with Crippen LogP contribution in [-0.4, -0.2) is 15.8 Å². The number of allylic oxidation sites excluding steroid dienone is 3. The highest BCUT2D eigenvalue weighted by atomic mass is 35.5. The minimum absolute atomic E-state index is 0.0734. The lowest BCUT2D eigenvalue weighted by atomic mass is 9.76. The van der Waals surface area contributed by atoms with E-state index in [1.54, 1.807) is 41.3 Å². The van der Waals surface area contributed by atoms with Crippen molar-refractivity contribution in [2.24, 2.45) is 5.73 Å². The normalized spacial score (nSPS) is 17.7. The van der Waals surface area contributed by atoms with Gasteiger partial charge in [0.05, 0.1) is 28.8 Å². The van der Waals surface area contributed by atoms with Gasteiger partial charge in [0.2, 0.25) is 5.95 Å². The Bertz CT molecular complexity index is 1740. The number of nitrogens with zero attached hydrogens (tertiary/aromatic N) is 4. The molecule has 10 heteroatoms. The van der Waals surface area contributed by atoms with Crippen molar-refractivity contribution in [2.75, 3.05) is 4.90 Å². The molecule has 0 fully saturated rings. The number of fused-ring (bicyclic) bond motifs is 1. The van der Waals surface area contributed by atoms with Gasteiger partial charge in [0, 0.05) is 49.6 Å². The molecular weight excluding hydrogens is 544 g/mol. The van der Waals surface area contributed by atoms with Crippen LogP contribution in [0.3, 0.4) is 0 Å². The zero-order valence-electron chi connectivity index (χ0n) is 19.7. The Morgan fingerprint density at radius 1 is 1.08 bits per heavy atom. The van der Waals surface area contributed by atoms with Crippen LogP contribution in [0.1, 0.15) is 30.7 Å². The van der Waals surface area contributed by atoms with E-state index in [1.807, 2.05) is 17.5 Å². The molecule has 1 atom stereocenters. The summed E-state index contributed by atoms with van der Waals surface area (Å²) in [6.45, 7) is 0. The highest BCUT2D eigenvalue weighted by Gasteiger charge is 2.42. The van der Waals surface area contributed by atoms with Gasteiger partial charge in [0.1, 0.15) is 5.82 Å². The Hall–Kier alpha value is -3.77. The number of hydrogen-bond acceptors (Lipinski definition) is 7. The maximum absolute atomic E-state index is 15.5. The van der Waals surface area contributed by atoms with Crippen molar-refractivity contribution in [3.8, 4) is 17.3 Å². The second-order valence-electron chi connectivity index (χ2n) is 9.04. The molecule has 2 aromatic carbocycles. The van der Waals surface area contributed by atoms with E-state index in [9.17, 15) is 10.1 Å². The van der Waals surface area contributed by atoms with Gasteiger partial charge < -0.3 is 5.73 Å². The first kappa shape index (κ1) is 24.6. The molecule has 0 bridgehead atoms. The summed E-state index contributed by atoms with van der Waals surface area (Å²) in [6, 6.07) is 16.0. The Labute approximate surface area is 231 Å². The lowest BCUT2D eigenvalue weighted by Crippen LogP contribution is -2.39. The number of aromatic nitrogens is 2. The fourth-order valence-electron chi connectivity index (χ4n) is 5.08. The number of halogens is 3. The highest BCUT2D eigenvalue weighted by Crippen LogP contribution is 2.47. The second kappa shape index (κ2) is 9.52. The number of benzene rings is 2. The van der Waals surface area contributed by atoms with Gasteiger partial charge in [-0.15, -0.1) is 11.3 Å². The zero-order chi connectivity index (χ0) is 26.6. The summed E-state index contributed by atoms with van der Waals surface area (Å²) in [5.74, 6) is -1.77. The maximum Gasteiger partial charge on any atom is 0.217 e.